The molecule has 0 rings (SSSR count). The average molecular weight is 183 g/mol. The van der Waals surface area contributed by atoms with E-state index in [1.165, 1.54) is 6.21 Å². The fourth-order valence-corrected chi connectivity index (χ4v) is 0.726. The largest absolute Gasteiger partial charge is 0.508 e. The van der Waals surface area contributed by atoms with Crippen molar-refractivity contribution in [2.45, 2.75) is 6.92 Å². The number of nitrogens with zero attached hydrogens (tertiary/aromatic N) is 1. The Hall–Kier alpha value is -1.42. The summed E-state index contributed by atoms with van der Waals surface area (Å²) in [5.41, 5.74) is 0.254. The van der Waals surface area contributed by atoms with Crippen molar-refractivity contribution < 1.29 is 15.0 Å². The van der Waals surface area contributed by atoms with E-state index >= 15 is 0 Å². The number of carbonyl (C=O) groups excluding carboxylic acids is 1. The Morgan fingerprint density at radius 1 is 1.62 bits per heavy atom. The van der Waals surface area contributed by atoms with Gasteiger partial charge in [0.25, 0.3) is 0 Å². The highest BCUT2D eigenvalue weighted by Gasteiger charge is 2.05. The minimum Gasteiger partial charge on any atom is -0.508 e. The predicted molar refractivity (Wildman–Crippen MR) is 51.0 cm³/mol. The lowest BCUT2D eigenvalue weighted by Gasteiger charge is -2.01. The Bertz CT molecular complexity index is 254. The Morgan fingerprint density at radius 2 is 2.23 bits per heavy atom. The molecule has 2 N–H and O–H groups in total. The molecule has 0 aromatic rings. The predicted octanol–water partition coefficient (Wildman–Crippen LogP) is 0.637. The fraction of sp³-hybridized carbons (Fsp3) is 0.333. The van der Waals surface area contributed by atoms with Gasteiger partial charge in [0.05, 0.1) is 12.2 Å². The Balaban J connectivity index is 4.93. The SMILES string of the molecule is C=C(O)/C(C=O)=C(\C=NCC)CO. The fourth-order valence-electron chi connectivity index (χ4n) is 0.726. The summed E-state index contributed by atoms with van der Waals surface area (Å²) in [4.78, 5) is 14.3. The molecule has 0 saturated heterocycles. The number of hydrogen-bond donors (Lipinski definition) is 2. The van der Waals surface area contributed by atoms with Gasteiger partial charge in [-0.15, -0.1) is 0 Å². The number of aliphatic imine (C=N–C) groups is 1. The van der Waals surface area contributed by atoms with Gasteiger partial charge in [0.1, 0.15) is 5.76 Å². The quantitative estimate of drug-likeness (QED) is 0.216. The zero-order chi connectivity index (χ0) is 10.3. The Morgan fingerprint density at radius 3 is 2.54 bits per heavy atom. The molecule has 13 heavy (non-hydrogen) atoms. The third-order valence-corrected chi connectivity index (χ3v) is 1.37. The summed E-state index contributed by atoms with van der Waals surface area (Å²) in [7, 11) is 0. The van der Waals surface area contributed by atoms with Gasteiger partial charge >= 0.3 is 0 Å². The number of aliphatic hydroxyl groups excluding tert-OH is 2. The van der Waals surface area contributed by atoms with E-state index in [2.05, 4.69) is 11.6 Å². The second kappa shape index (κ2) is 6.14. The van der Waals surface area contributed by atoms with Crippen molar-refractivity contribution in [3.63, 3.8) is 0 Å². The van der Waals surface area contributed by atoms with Crippen molar-refractivity contribution >= 4 is 12.5 Å². The lowest BCUT2D eigenvalue weighted by atomic mass is 10.1. The van der Waals surface area contributed by atoms with Gasteiger partial charge < -0.3 is 10.2 Å². The summed E-state index contributed by atoms with van der Waals surface area (Å²) in [5.74, 6) is -0.360. The standard InChI is InChI=1S/C9H13NO3/c1-3-10-4-8(5-11)9(6-12)7(2)13/h4,6,11,13H,2-3,5H2,1H3/b9-8+,10-4?. The highest BCUT2D eigenvalue weighted by molar-refractivity contribution is 5.92. The number of carbonyl (C=O) groups is 1. The Labute approximate surface area is 76.9 Å². The molecular weight excluding hydrogens is 170 g/mol. The maximum atomic E-state index is 10.5. The van der Waals surface area contributed by atoms with E-state index in [0.717, 1.165) is 0 Å². The molecule has 4 nitrogen and oxygen atoms in total. The smallest absolute Gasteiger partial charge is 0.154 e. The van der Waals surface area contributed by atoms with E-state index in [1.807, 2.05) is 6.92 Å². The molecule has 0 heterocycles. The number of aliphatic hydroxyl groups is 2. The zero-order valence-corrected chi connectivity index (χ0v) is 7.53. The molecular formula is C9H13NO3. The summed E-state index contributed by atoms with van der Waals surface area (Å²) in [6.45, 7) is 5.22. The number of aldehydes is 1. The van der Waals surface area contributed by atoms with Crippen LogP contribution in [-0.4, -0.2) is 35.9 Å². The first-order valence-corrected chi connectivity index (χ1v) is 3.84. The van der Waals surface area contributed by atoms with Crippen molar-refractivity contribution in [3.05, 3.63) is 23.5 Å². The molecule has 0 bridgehead atoms. The molecule has 0 atom stereocenters. The van der Waals surface area contributed by atoms with Gasteiger partial charge in [0.15, 0.2) is 6.29 Å². The number of rotatable bonds is 5. The van der Waals surface area contributed by atoms with Crippen LogP contribution in [0.3, 0.4) is 0 Å². The molecule has 4 heteroatoms. The third kappa shape index (κ3) is 3.66. The highest BCUT2D eigenvalue weighted by Crippen LogP contribution is 2.06. The first kappa shape index (κ1) is 11.6. The molecule has 0 saturated carbocycles. The van der Waals surface area contributed by atoms with E-state index in [0.29, 0.717) is 12.8 Å². The van der Waals surface area contributed by atoms with Crippen LogP contribution < -0.4 is 0 Å². The van der Waals surface area contributed by atoms with Crippen LogP contribution in [0.15, 0.2) is 28.5 Å². The molecule has 0 aromatic heterocycles. The topological polar surface area (TPSA) is 69.9 Å². The summed E-state index contributed by atoms with van der Waals surface area (Å²) >= 11 is 0. The van der Waals surface area contributed by atoms with Crippen molar-refractivity contribution in [1.29, 1.82) is 0 Å². The molecule has 0 aliphatic heterocycles. The summed E-state index contributed by atoms with van der Waals surface area (Å²) in [5, 5.41) is 17.8. The lowest BCUT2D eigenvalue weighted by molar-refractivity contribution is -0.104. The van der Waals surface area contributed by atoms with Crippen LogP contribution in [0.25, 0.3) is 0 Å². The number of allylic oxidation sites excluding steroid dienone is 1. The van der Waals surface area contributed by atoms with Crippen LogP contribution in [0.2, 0.25) is 0 Å². The molecule has 0 unspecified atom stereocenters. The summed E-state index contributed by atoms with van der Waals surface area (Å²) in [6, 6.07) is 0. The molecule has 72 valence electrons. The summed E-state index contributed by atoms with van der Waals surface area (Å²) in [6.07, 6.45) is 1.79. The van der Waals surface area contributed by atoms with E-state index < -0.39 is 0 Å². The van der Waals surface area contributed by atoms with E-state index in [-0.39, 0.29) is 23.5 Å². The molecule has 0 aromatic carbocycles. The van der Waals surface area contributed by atoms with Gasteiger partial charge in [-0.05, 0) is 6.92 Å². The van der Waals surface area contributed by atoms with Crippen molar-refractivity contribution in [2.75, 3.05) is 13.2 Å². The van der Waals surface area contributed by atoms with Crippen LogP contribution in [0.4, 0.5) is 0 Å². The first-order valence-electron chi connectivity index (χ1n) is 3.84. The molecule has 0 aliphatic rings. The maximum Gasteiger partial charge on any atom is 0.154 e. The third-order valence-electron chi connectivity index (χ3n) is 1.37. The first-order chi connectivity index (χ1) is 6.17. The summed E-state index contributed by atoms with van der Waals surface area (Å²) < 4.78 is 0. The van der Waals surface area contributed by atoms with Crippen LogP contribution >= 0.6 is 0 Å². The number of hydrogen-bond acceptors (Lipinski definition) is 4. The molecule has 0 radical (unpaired) electrons. The monoisotopic (exact) mass is 183 g/mol. The van der Waals surface area contributed by atoms with Crippen molar-refractivity contribution in [3.8, 4) is 0 Å². The van der Waals surface area contributed by atoms with E-state index in [9.17, 15) is 4.79 Å². The minimum atomic E-state index is -0.360. The van der Waals surface area contributed by atoms with Gasteiger partial charge in [-0.2, -0.15) is 0 Å². The molecule has 0 amide bonds. The lowest BCUT2D eigenvalue weighted by Crippen LogP contribution is -2.02. The average Bonchev–Trinajstić information content (AvgIpc) is 2.11. The van der Waals surface area contributed by atoms with E-state index in [4.69, 9.17) is 10.2 Å². The zero-order valence-electron chi connectivity index (χ0n) is 7.53. The van der Waals surface area contributed by atoms with Gasteiger partial charge in [-0.25, -0.2) is 0 Å². The van der Waals surface area contributed by atoms with Crippen molar-refractivity contribution in [2.24, 2.45) is 4.99 Å². The van der Waals surface area contributed by atoms with Crippen LogP contribution in [0, 0.1) is 0 Å². The van der Waals surface area contributed by atoms with Gasteiger partial charge in [-0.1, -0.05) is 6.58 Å². The van der Waals surface area contributed by atoms with Crippen LogP contribution in [0.1, 0.15) is 6.92 Å². The van der Waals surface area contributed by atoms with E-state index in [1.54, 1.807) is 0 Å². The van der Waals surface area contributed by atoms with Crippen LogP contribution in [0.5, 0.6) is 0 Å². The van der Waals surface area contributed by atoms with Gasteiger partial charge in [-0.3, -0.25) is 9.79 Å². The molecule has 0 aliphatic carbocycles. The second-order valence-electron chi connectivity index (χ2n) is 2.29. The minimum absolute atomic E-state index is 0.0142. The normalized spacial score (nSPS) is 12.8. The maximum absolute atomic E-state index is 10.5. The highest BCUT2D eigenvalue weighted by atomic mass is 16.3. The Kier molecular flexibility index (Phi) is 5.47. The second-order valence-corrected chi connectivity index (χ2v) is 2.29. The van der Waals surface area contributed by atoms with Gasteiger partial charge in [0.2, 0.25) is 0 Å². The molecule has 0 spiro atoms. The van der Waals surface area contributed by atoms with Crippen LogP contribution in [-0.2, 0) is 4.79 Å². The van der Waals surface area contributed by atoms with Crippen molar-refractivity contribution in [1.82, 2.24) is 0 Å². The molecule has 0 fully saturated rings. The van der Waals surface area contributed by atoms with Gasteiger partial charge in [0, 0.05) is 18.3 Å².